The van der Waals surface area contributed by atoms with Gasteiger partial charge in [-0.15, -0.1) is 0 Å². The first-order valence-corrected chi connectivity index (χ1v) is 7.77. The van der Waals surface area contributed by atoms with Gasteiger partial charge in [-0.1, -0.05) is 0 Å². The van der Waals surface area contributed by atoms with E-state index in [-0.39, 0.29) is 11.9 Å². The number of nitro groups is 1. The summed E-state index contributed by atoms with van der Waals surface area (Å²) in [5.74, 6) is 0.803. The van der Waals surface area contributed by atoms with E-state index in [4.69, 9.17) is 4.74 Å². The Hall–Kier alpha value is -1.87. The maximum absolute atomic E-state index is 10.7. The van der Waals surface area contributed by atoms with Crippen LogP contribution in [0.25, 0.3) is 0 Å². The molecule has 2 heterocycles. The van der Waals surface area contributed by atoms with Gasteiger partial charge in [-0.3, -0.25) is 21.0 Å². The minimum absolute atomic E-state index is 0.0801. The Kier molecular flexibility index (Phi) is 6.41. The number of hydrazine groups is 1. The average Bonchev–Trinajstić information content (AvgIpc) is 2.52. The minimum atomic E-state index is -0.520. The molecule has 1 fully saturated rings. The molecule has 120 valence electrons. The Morgan fingerprint density at radius 1 is 1.55 bits per heavy atom. The Morgan fingerprint density at radius 2 is 2.41 bits per heavy atom. The van der Waals surface area contributed by atoms with Crippen molar-refractivity contribution in [3.63, 3.8) is 0 Å². The third-order valence-corrected chi connectivity index (χ3v) is 3.55. The molecule has 2 rings (SSSR count). The SMILES string of the molecule is O=[N+]([O-])/C=C(/NCC1CCCCO1)NNc1ccc(Br)cn1. The van der Waals surface area contributed by atoms with E-state index in [1.165, 1.54) is 0 Å². The van der Waals surface area contributed by atoms with E-state index in [1.807, 2.05) is 6.07 Å². The van der Waals surface area contributed by atoms with Gasteiger partial charge in [-0.25, -0.2) is 4.98 Å². The average molecular weight is 372 g/mol. The summed E-state index contributed by atoms with van der Waals surface area (Å²) in [6.07, 6.45) is 5.73. The van der Waals surface area contributed by atoms with Gasteiger partial charge in [0.05, 0.1) is 11.0 Å². The quantitative estimate of drug-likeness (QED) is 0.497. The Bertz CT molecular complexity index is 517. The lowest BCUT2D eigenvalue weighted by Crippen LogP contribution is -2.37. The summed E-state index contributed by atoms with van der Waals surface area (Å²) in [4.78, 5) is 14.3. The normalized spacial score (nSPS) is 18.6. The lowest BCUT2D eigenvalue weighted by molar-refractivity contribution is -0.404. The fourth-order valence-corrected chi connectivity index (χ4v) is 2.24. The van der Waals surface area contributed by atoms with Gasteiger partial charge in [0.2, 0.25) is 0 Å². The second-order valence-corrected chi connectivity index (χ2v) is 5.72. The van der Waals surface area contributed by atoms with Crippen LogP contribution in [0.15, 0.2) is 34.8 Å². The number of ether oxygens (including phenoxy) is 1. The van der Waals surface area contributed by atoms with Crippen LogP contribution in [0.3, 0.4) is 0 Å². The summed E-state index contributed by atoms with van der Waals surface area (Å²) in [5.41, 5.74) is 5.56. The molecule has 0 bridgehead atoms. The van der Waals surface area contributed by atoms with Crippen molar-refractivity contribution in [2.45, 2.75) is 25.4 Å². The molecule has 0 radical (unpaired) electrons. The highest BCUT2D eigenvalue weighted by Crippen LogP contribution is 2.12. The molecule has 9 heteroatoms. The first-order chi connectivity index (χ1) is 10.6. The van der Waals surface area contributed by atoms with Crippen molar-refractivity contribution in [1.29, 1.82) is 0 Å². The van der Waals surface area contributed by atoms with Gasteiger partial charge in [0, 0.05) is 23.8 Å². The van der Waals surface area contributed by atoms with E-state index >= 15 is 0 Å². The number of aromatic nitrogens is 1. The van der Waals surface area contributed by atoms with E-state index < -0.39 is 4.92 Å². The van der Waals surface area contributed by atoms with E-state index in [2.05, 4.69) is 37.1 Å². The molecule has 0 amide bonds. The minimum Gasteiger partial charge on any atom is -0.376 e. The third kappa shape index (κ3) is 5.86. The van der Waals surface area contributed by atoms with Crippen molar-refractivity contribution in [3.8, 4) is 0 Å². The number of nitrogens with one attached hydrogen (secondary N) is 3. The Balaban J connectivity index is 1.85. The van der Waals surface area contributed by atoms with Crippen molar-refractivity contribution in [1.82, 2.24) is 15.7 Å². The number of nitrogens with zero attached hydrogens (tertiary/aromatic N) is 2. The fraction of sp³-hybridized carbons (Fsp3) is 0.462. The second kappa shape index (κ2) is 8.54. The largest absolute Gasteiger partial charge is 0.376 e. The van der Waals surface area contributed by atoms with Crippen LogP contribution in [0.2, 0.25) is 0 Å². The molecular formula is C13H18BrN5O3. The highest BCUT2D eigenvalue weighted by atomic mass is 79.9. The van der Waals surface area contributed by atoms with Crippen molar-refractivity contribution in [3.05, 3.63) is 44.9 Å². The van der Waals surface area contributed by atoms with Gasteiger partial charge in [0.25, 0.3) is 6.20 Å². The maximum atomic E-state index is 10.7. The van der Waals surface area contributed by atoms with Crippen LogP contribution in [0.1, 0.15) is 19.3 Å². The zero-order valence-electron chi connectivity index (χ0n) is 11.9. The molecule has 1 aromatic heterocycles. The molecule has 1 unspecified atom stereocenters. The number of halogens is 1. The lowest BCUT2D eigenvalue weighted by Gasteiger charge is -2.23. The van der Waals surface area contributed by atoms with Crippen LogP contribution in [-0.2, 0) is 4.74 Å². The first-order valence-electron chi connectivity index (χ1n) is 6.98. The zero-order chi connectivity index (χ0) is 15.8. The van der Waals surface area contributed by atoms with Gasteiger partial charge in [0.15, 0.2) is 5.82 Å². The van der Waals surface area contributed by atoms with Crippen LogP contribution < -0.4 is 16.2 Å². The summed E-state index contributed by atoms with van der Waals surface area (Å²) < 4.78 is 6.44. The summed E-state index contributed by atoms with van der Waals surface area (Å²) in [5, 5.41) is 13.7. The van der Waals surface area contributed by atoms with Crippen LogP contribution in [0, 0.1) is 10.1 Å². The topological polar surface area (TPSA) is 101 Å². The number of hydrogen-bond donors (Lipinski definition) is 3. The molecule has 22 heavy (non-hydrogen) atoms. The molecule has 0 aromatic carbocycles. The molecule has 1 aliphatic heterocycles. The summed E-state index contributed by atoms with van der Waals surface area (Å²) in [6, 6.07) is 3.56. The van der Waals surface area contributed by atoms with Gasteiger partial charge in [-0.2, -0.15) is 0 Å². The van der Waals surface area contributed by atoms with Crippen LogP contribution >= 0.6 is 15.9 Å². The van der Waals surface area contributed by atoms with Gasteiger partial charge in [0.1, 0.15) is 5.82 Å². The number of rotatable bonds is 7. The van der Waals surface area contributed by atoms with Gasteiger partial charge < -0.3 is 10.1 Å². The first kappa shape index (κ1) is 16.5. The van der Waals surface area contributed by atoms with Crippen molar-refractivity contribution in [2.75, 3.05) is 18.6 Å². The smallest absolute Gasteiger partial charge is 0.275 e. The zero-order valence-corrected chi connectivity index (χ0v) is 13.5. The monoisotopic (exact) mass is 371 g/mol. The number of hydrogen-bond acceptors (Lipinski definition) is 7. The van der Waals surface area contributed by atoms with E-state index in [9.17, 15) is 10.1 Å². The molecule has 8 nitrogen and oxygen atoms in total. The van der Waals surface area contributed by atoms with Crippen molar-refractivity contribution in [2.24, 2.45) is 0 Å². The van der Waals surface area contributed by atoms with Crippen LogP contribution in [-0.4, -0.2) is 29.2 Å². The van der Waals surface area contributed by atoms with E-state index in [0.717, 1.165) is 36.5 Å². The standard InChI is InChI=1S/C13H18BrN5O3/c14-10-4-5-12(15-7-10)17-18-13(9-19(20)21)16-8-11-3-1-2-6-22-11/h4-5,7,9,11,16,18H,1-3,6,8H2,(H,15,17)/b13-9-. The molecule has 0 saturated carbocycles. The maximum Gasteiger partial charge on any atom is 0.275 e. The van der Waals surface area contributed by atoms with E-state index in [0.29, 0.717) is 12.4 Å². The fourth-order valence-electron chi connectivity index (χ4n) is 2.00. The lowest BCUT2D eigenvalue weighted by atomic mass is 10.1. The van der Waals surface area contributed by atoms with Gasteiger partial charge >= 0.3 is 0 Å². The highest BCUT2D eigenvalue weighted by Gasteiger charge is 2.14. The molecule has 1 aromatic rings. The predicted molar refractivity (Wildman–Crippen MR) is 85.4 cm³/mol. The molecule has 1 saturated heterocycles. The molecule has 0 spiro atoms. The molecule has 0 aliphatic carbocycles. The van der Waals surface area contributed by atoms with Crippen molar-refractivity contribution >= 4 is 21.7 Å². The number of anilines is 1. The van der Waals surface area contributed by atoms with E-state index in [1.54, 1.807) is 12.3 Å². The summed E-state index contributed by atoms with van der Waals surface area (Å²) in [7, 11) is 0. The Morgan fingerprint density at radius 3 is 3.05 bits per heavy atom. The van der Waals surface area contributed by atoms with Gasteiger partial charge in [-0.05, 0) is 47.3 Å². The Labute approximate surface area is 136 Å². The molecular weight excluding hydrogens is 354 g/mol. The van der Waals surface area contributed by atoms with Crippen LogP contribution in [0.4, 0.5) is 5.82 Å². The molecule has 3 N–H and O–H groups in total. The summed E-state index contributed by atoms with van der Waals surface area (Å²) >= 11 is 3.29. The molecule has 1 atom stereocenters. The number of pyridine rings is 1. The molecule has 1 aliphatic rings. The second-order valence-electron chi connectivity index (χ2n) is 4.81. The predicted octanol–water partition coefficient (Wildman–Crippen LogP) is 1.99. The summed E-state index contributed by atoms with van der Waals surface area (Å²) in [6.45, 7) is 1.26. The third-order valence-electron chi connectivity index (χ3n) is 3.08. The van der Waals surface area contributed by atoms with Crippen LogP contribution in [0.5, 0.6) is 0 Å². The highest BCUT2D eigenvalue weighted by molar-refractivity contribution is 9.10. The van der Waals surface area contributed by atoms with Crippen molar-refractivity contribution < 1.29 is 9.66 Å².